The van der Waals surface area contributed by atoms with Gasteiger partial charge in [0.2, 0.25) is 0 Å². The van der Waals surface area contributed by atoms with E-state index in [0.717, 1.165) is 28.2 Å². The third kappa shape index (κ3) is 3.23. The second kappa shape index (κ2) is 5.87. The molecule has 1 aromatic carbocycles. The standard InChI is InChI=1S/C17H22N2O/c1-6-16(13(5)18-11(2)3)20-17-10-14-9-12(4)7-8-15(14)19-17/h6-11,18-19H,1H2,2-5H3/b16-13-. The topological polar surface area (TPSA) is 37.0 Å². The SMILES string of the molecule is C=C/C(Oc1cc2cc(C)ccc2[nH]1)=C(\C)NC(C)C. The Morgan fingerprint density at radius 3 is 2.75 bits per heavy atom. The summed E-state index contributed by atoms with van der Waals surface area (Å²) in [5.74, 6) is 1.47. The highest BCUT2D eigenvalue weighted by atomic mass is 16.5. The van der Waals surface area contributed by atoms with Crippen LogP contribution in [-0.2, 0) is 0 Å². The molecule has 2 rings (SSSR count). The molecule has 0 aliphatic heterocycles. The van der Waals surface area contributed by atoms with E-state index in [1.807, 2.05) is 13.0 Å². The Balaban J connectivity index is 2.27. The lowest BCUT2D eigenvalue weighted by molar-refractivity contribution is 0.416. The van der Waals surface area contributed by atoms with Crippen molar-refractivity contribution in [3.8, 4) is 5.88 Å². The highest BCUT2D eigenvalue weighted by molar-refractivity contribution is 5.82. The van der Waals surface area contributed by atoms with Gasteiger partial charge in [0.15, 0.2) is 5.88 Å². The molecule has 0 fully saturated rings. The van der Waals surface area contributed by atoms with Crippen LogP contribution in [0.5, 0.6) is 5.88 Å². The van der Waals surface area contributed by atoms with Gasteiger partial charge in [-0.15, -0.1) is 0 Å². The average Bonchev–Trinajstić information content (AvgIpc) is 2.76. The van der Waals surface area contributed by atoms with Crippen molar-refractivity contribution >= 4 is 10.9 Å². The summed E-state index contributed by atoms with van der Waals surface area (Å²) in [5, 5.41) is 4.48. The molecule has 0 radical (unpaired) electrons. The van der Waals surface area contributed by atoms with Crippen molar-refractivity contribution in [1.29, 1.82) is 0 Å². The zero-order valence-electron chi connectivity index (χ0n) is 12.6. The first kappa shape index (κ1) is 14.3. The molecule has 1 aromatic heterocycles. The molecule has 1 heterocycles. The number of H-pyrrole nitrogens is 1. The Hall–Kier alpha value is -2.16. The van der Waals surface area contributed by atoms with E-state index in [4.69, 9.17) is 4.74 Å². The second-order valence-electron chi connectivity index (χ2n) is 5.32. The quantitative estimate of drug-likeness (QED) is 0.629. The van der Waals surface area contributed by atoms with E-state index in [1.165, 1.54) is 5.56 Å². The highest BCUT2D eigenvalue weighted by Gasteiger charge is 2.06. The molecule has 3 heteroatoms. The number of aryl methyl sites for hydroxylation is 1. The number of nitrogens with one attached hydrogen (secondary N) is 2. The minimum absolute atomic E-state index is 0.360. The van der Waals surface area contributed by atoms with Gasteiger partial charge in [-0.2, -0.15) is 0 Å². The molecule has 0 atom stereocenters. The van der Waals surface area contributed by atoms with E-state index in [2.05, 4.69) is 55.9 Å². The Morgan fingerprint density at radius 2 is 2.10 bits per heavy atom. The molecule has 0 amide bonds. The van der Waals surface area contributed by atoms with Crippen molar-refractivity contribution in [2.75, 3.05) is 0 Å². The zero-order chi connectivity index (χ0) is 14.7. The summed E-state index contributed by atoms with van der Waals surface area (Å²) in [6.45, 7) is 12.1. The maximum atomic E-state index is 5.89. The van der Waals surface area contributed by atoms with Crippen LogP contribution in [0.4, 0.5) is 0 Å². The number of hydrogen-bond acceptors (Lipinski definition) is 2. The molecular weight excluding hydrogens is 248 g/mol. The summed E-state index contributed by atoms with van der Waals surface area (Å²) in [6.07, 6.45) is 1.72. The Labute approximate surface area is 120 Å². The molecule has 0 unspecified atom stereocenters. The van der Waals surface area contributed by atoms with Crippen molar-refractivity contribution in [3.05, 3.63) is 53.9 Å². The van der Waals surface area contributed by atoms with Crippen molar-refractivity contribution in [2.45, 2.75) is 33.7 Å². The summed E-state index contributed by atoms with van der Waals surface area (Å²) in [6, 6.07) is 8.65. The van der Waals surface area contributed by atoms with Crippen molar-refractivity contribution in [3.63, 3.8) is 0 Å². The van der Waals surface area contributed by atoms with Crippen LogP contribution < -0.4 is 10.1 Å². The fraction of sp³-hybridized carbons (Fsp3) is 0.294. The van der Waals surface area contributed by atoms with Crippen LogP contribution in [0.2, 0.25) is 0 Å². The molecule has 0 spiro atoms. The first-order valence-corrected chi connectivity index (χ1v) is 6.86. The Bertz CT molecular complexity index is 650. The summed E-state index contributed by atoms with van der Waals surface area (Å²) in [4.78, 5) is 3.26. The number of hydrogen-bond donors (Lipinski definition) is 2. The number of allylic oxidation sites excluding steroid dienone is 2. The van der Waals surface area contributed by atoms with Crippen LogP contribution in [0.15, 0.2) is 48.4 Å². The number of aromatic amines is 1. The van der Waals surface area contributed by atoms with Crippen LogP contribution >= 0.6 is 0 Å². The van der Waals surface area contributed by atoms with E-state index in [-0.39, 0.29) is 0 Å². The molecule has 2 N–H and O–H groups in total. The number of benzene rings is 1. The van der Waals surface area contributed by atoms with E-state index in [0.29, 0.717) is 6.04 Å². The lowest BCUT2D eigenvalue weighted by atomic mass is 10.2. The summed E-state index contributed by atoms with van der Waals surface area (Å²) >= 11 is 0. The van der Waals surface area contributed by atoms with E-state index < -0.39 is 0 Å². The van der Waals surface area contributed by atoms with E-state index in [9.17, 15) is 0 Å². The maximum Gasteiger partial charge on any atom is 0.198 e. The number of fused-ring (bicyclic) bond motifs is 1. The fourth-order valence-electron chi connectivity index (χ4n) is 2.17. The fourth-order valence-corrected chi connectivity index (χ4v) is 2.17. The largest absolute Gasteiger partial charge is 0.439 e. The van der Waals surface area contributed by atoms with Gasteiger partial charge in [-0.25, -0.2) is 0 Å². The zero-order valence-corrected chi connectivity index (χ0v) is 12.6. The predicted octanol–water partition coefficient (Wildman–Crippen LogP) is 4.27. The van der Waals surface area contributed by atoms with Crippen molar-refractivity contribution in [2.24, 2.45) is 0 Å². The summed E-state index contributed by atoms with van der Waals surface area (Å²) < 4.78 is 5.89. The lowest BCUT2D eigenvalue weighted by Crippen LogP contribution is -2.22. The molecule has 106 valence electrons. The Morgan fingerprint density at radius 1 is 1.35 bits per heavy atom. The van der Waals surface area contributed by atoms with Gasteiger partial charge in [-0.05, 0) is 45.9 Å². The molecule has 3 nitrogen and oxygen atoms in total. The molecule has 0 aliphatic rings. The van der Waals surface area contributed by atoms with Crippen molar-refractivity contribution < 1.29 is 4.74 Å². The molecule has 0 aliphatic carbocycles. The molecule has 2 aromatic rings. The molecule has 0 bridgehead atoms. The number of ether oxygens (including phenoxy) is 1. The summed E-state index contributed by atoms with van der Waals surface area (Å²) in [5.41, 5.74) is 3.29. The van der Waals surface area contributed by atoms with Gasteiger partial charge in [0.1, 0.15) is 5.76 Å². The maximum absolute atomic E-state index is 5.89. The number of aromatic nitrogens is 1. The highest BCUT2D eigenvalue weighted by Crippen LogP contribution is 2.23. The van der Waals surface area contributed by atoms with Gasteiger partial charge in [0.05, 0.1) is 5.70 Å². The minimum Gasteiger partial charge on any atom is -0.439 e. The normalized spacial score (nSPS) is 12.4. The number of rotatable bonds is 5. The van der Waals surface area contributed by atoms with Crippen LogP contribution in [0.1, 0.15) is 26.3 Å². The van der Waals surface area contributed by atoms with Gasteiger partial charge in [0.25, 0.3) is 0 Å². The van der Waals surface area contributed by atoms with Gasteiger partial charge < -0.3 is 15.0 Å². The van der Waals surface area contributed by atoms with E-state index >= 15 is 0 Å². The van der Waals surface area contributed by atoms with Crippen molar-refractivity contribution in [1.82, 2.24) is 10.3 Å². The van der Waals surface area contributed by atoms with Crippen LogP contribution in [-0.4, -0.2) is 11.0 Å². The molecule has 0 saturated carbocycles. The van der Waals surface area contributed by atoms with Crippen LogP contribution in [0, 0.1) is 6.92 Å². The van der Waals surface area contributed by atoms with Gasteiger partial charge in [0, 0.05) is 23.0 Å². The molecular formula is C17H22N2O. The predicted molar refractivity (Wildman–Crippen MR) is 84.8 cm³/mol. The molecule has 20 heavy (non-hydrogen) atoms. The van der Waals surface area contributed by atoms with Crippen LogP contribution in [0.25, 0.3) is 10.9 Å². The smallest absolute Gasteiger partial charge is 0.198 e. The second-order valence-corrected chi connectivity index (χ2v) is 5.32. The first-order valence-electron chi connectivity index (χ1n) is 6.86. The third-order valence-corrected chi connectivity index (χ3v) is 3.03. The van der Waals surface area contributed by atoms with Gasteiger partial charge in [-0.1, -0.05) is 18.2 Å². The monoisotopic (exact) mass is 270 g/mol. The molecule has 0 saturated heterocycles. The first-order chi connectivity index (χ1) is 9.49. The minimum atomic E-state index is 0.360. The average molecular weight is 270 g/mol. The van der Waals surface area contributed by atoms with E-state index in [1.54, 1.807) is 6.08 Å². The Kier molecular flexibility index (Phi) is 4.18. The van der Waals surface area contributed by atoms with Gasteiger partial charge in [-0.3, -0.25) is 0 Å². The third-order valence-electron chi connectivity index (χ3n) is 3.03. The summed E-state index contributed by atoms with van der Waals surface area (Å²) in [7, 11) is 0. The van der Waals surface area contributed by atoms with Gasteiger partial charge >= 0.3 is 0 Å². The lowest BCUT2D eigenvalue weighted by Gasteiger charge is -2.14. The van der Waals surface area contributed by atoms with Crippen LogP contribution in [0.3, 0.4) is 0 Å².